The molecular weight excluding hydrogens is 444 g/mol. The highest BCUT2D eigenvalue weighted by Gasteiger charge is 2.24. The summed E-state index contributed by atoms with van der Waals surface area (Å²) in [6, 6.07) is 7.41. The van der Waals surface area contributed by atoms with Crippen LogP contribution in [0.15, 0.2) is 77.2 Å². The first kappa shape index (κ1) is 25.8. The fourth-order valence-electron chi connectivity index (χ4n) is 3.67. The molecule has 1 aliphatic carbocycles. The zero-order valence-corrected chi connectivity index (χ0v) is 20.1. The molecule has 0 radical (unpaired) electrons. The molecule has 1 atom stereocenters. The Morgan fingerprint density at radius 3 is 2.57 bits per heavy atom. The van der Waals surface area contributed by atoms with E-state index in [2.05, 4.69) is 16.9 Å². The predicted octanol–water partition coefficient (Wildman–Crippen LogP) is 2.11. The summed E-state index contributed by atoms with van der Waals surface area (Å²) < 4.78 is 5.38. The summed E-state index contributed by atoms with van der Waals surface area (Å²) in [5, 5.41) is 2.75. The molecule has 2 fully saturated rings. The number of amides is 2. The maximum atomic E-state index is 13.3. The van der Waals surface area contributed by atoms with Crippen LogP contribution in [0, 0.1) is 5.92 Å². The molecule has 9 heteroatoms. The lowest BCUT2D eigenvalue weighted by Gasteiger charge is -2.27. The van der Waals surface area contributed by atoms with Crippen LogP contribution in [0.3, 0.4) is 0 Å². The SMILES string of the molecule is C=CC(=O)Nc1cccc(C(C)\C=C(/C=C(N)/N=C(N)\C=C(/N)C2CC2)C(=O)N2CCOCC2)c1. The van der Waals surface area contributed by atoms with Crippen LogP contribution < -0.4 is 22.5 Å². The largest absolute Gasteiger partial charge is 0.402 e. The van der Waals surface area contributed by atoms with Crippen molar-refractivity contribution < 1.29 is 14.3 Å². The average molecular weight is 479 g/mol. The number of hydrogen-bond donors (Lipinski definition) is 4. The number of carbonyl (C=O) groups excluding carboxylic acids is 2. The maximum Gasteiger partial charge on any atom is 0.253 e. The minimum absolute atomic E-state index is 0.106. The number of benzene rings is 1. The number of morpholine rings is 1. The number of nitrogens with two attached hydrogens (primary N) is 3. The molecule has 1 heterocycles. The van der Waals surface area contributed by atoms with E-state index in [1.807, 2.05) is 31.2 Å². The Hall–Kier alpha value is -3.85. The van der Waals surface area contributed by atoms with Crippen LogP contribution in [0.25, 0.3) is 0 Å². The highest BCUT2D eigenvalue weighted by molar-refractivity contribution is 5.99. The van der Waals surface area contributed by atoms with Crippen molar-refractivity contribution in [2.24, 2.45) is 28.1 Å². The van der Waals surface area contributed by atoms with E-state index < -0.39 is 0 Å². The van der Waals surface area contributed by atoms with Crippen molar-refractivity contribution in [2.45, 2.75) is 25.7 Å². The Morgan fingerprint density at radius 1 is 1.20 bits per heavy atom. The first-order valence-electron chi connectivity index (χ1n) is 11.7. The lowest BCUT2D eigenvalue weighted by atomic mass is 9.97. The molecule has 35 heavy (non-hydrogen) atoms. The molecule has 7 N–H and O–H groups in total. The van der Waals surface area contributed by atoms with Crippen molar-refractivity contribution in [3.8, 4) is 0 Å². The van der Waals surface area contributed by atoms with Gasteiger partial charge in [-0.25, -0.2) is 4.99 Å². The Bertz CT molecular complexity index is 1080. The third-order valence-corrected chi connectivity index (χ3v) is 5.77. The molecule has 1 aromatic rings. The minimum atomic E-state index is -0.295. The second-order valence-electron chi connectivity index (χ2n) is 8.66. The zero-order valence-electron chi connectivity index (χ0n) is 20.1. The van der Waals surface area contributed by atoms with Gasteiger partial charge in [-0.1, -0.05) is 31.7 Å². The number of hydrogen-bond acceptors (Lipinski definition) is 6. The van der Waals surface area contributed by atoms with Gasteiger partial charge in [0.15, 0.2) is 0 Å². The smallest absolute Gasteiger partial charge is 0.253 e. The molecule has 0 aromatic heterocycles. The number of ether oxygens (including phenoxy) is 1. The molecule has 1 unspecified atom stereocenters. The molecule has 1 saturated heterocycles. The third kappa shape index (κ3) is 7.86. The Morgan fingerprint density at radius 2 is 1.91 bits per heavy atom. The normalized spacial score (nSPS) is 18.7. The number of nitrogens with one attached hydrogen (secondary N) is 1. The van der Waals surface area contributed by atoms with Gasteiger partial charge in [-0.15, -0.1) is 0 Å². The van der Waals surface area contributed by atoms with E-state index in [0.717, 1.165) is 18.4 Å². The molecule has 2 amide bonds. The van der Waals surface area contributed by atoms with E-state index in [-0.39, 0.29) is 29.4 Å². The Kier molecular flexibility index (Phi) is 8.86. The number of allylic oxidation sites excluding steroid dienone is 2. The lowest BCUT2D eigenvalue weighted by molar-refractivity contribution is -0.130. The summed E-state index contributed by atoms with van der Waals surface area (Å²) in [5.74, 6) is 0.0399. The first-order chi connectivity index (χ1) is 16.8. The number of nitrogens with zero attached hydrogens (tertiary/aromatic N) is 2. The van der Waals surface area contributed by atoms with Gasteiger partial charge in [-0.2, -0.15) is 0 Å². The van der Waals surface area contributed by atoms with Crippen LogP contribution in [-0.2, 0) is 14.3 Å². The van der Waals surface area contributed by atoms with Crippen LogP contribution in [0.1, 0.15) is 31.2 Å². The topological polar surface area (TPSA) is 149 Å². The van der Waals surface area contributed by atoms with Gasteiger partial charge in [0, 0.05) is 36.0 Å². The van der Waals surface area contributed by atoms with Crippen LogP contribution in [0.4, 0.5) is 5.69 Å². The van der Waals surface area contributed by atoms with Crippen LogP contribution in [0.2, 0.25) is 0 Å². The van der Waals surface area contributed by atoms with Crippen LogP contribution in [-0.4, -0.2) is 48.9 Å². The van der Waals surface area contributed by atoms with Crippen molar-refractivity contribution in [1.29, 1.82) is 0 Å². The second-order valence-corrected chi connectivity index (χ2v) is 8.66. The van der Waals surface area contributed by atoms with E-state index >= 15 is 0 Å². The fourth-order valence-corrected chi connectivity index (χ4v) is 3.67. The highest BCUT2D eigenvalue weighted by atomic mass is 16.5. The first-order valence-corrected chi connectivity index (χ1v) is 11.7. The van der Waals surface area contributed by atoms with Crippen molar-refractivity contribution in [2.75, 3.05) is 31.6 Å². The molecule has 2 aliphatic rings. The average Bonchev–Trinajstić information content (AvgIpc) is 3.69. The number of amidine groups is 1. The summed E-state index contributed by atoms with van der Waals surface area (Å²) in [7, 11) is 0. The summed E-state index contributed by atoms with van der Waals surface area (Å²) in [4.78, 5) is 30.9. The summed E-state index contributed by atoms with van der Waals surface area (Å²) in [5.41, 5.74) is 20.8. The predicted molar refractivity (Wildman–Crippen MR) is 138 cm³/mol. The molecule has 0 bridgehead atoms. The molecule has 1 aromatic carbocycles. The van der Waals surface area contributed by atoms with E-state index in [4.69, 9.17) is 21.9 Å². The van der Waals surface area contributed by atoms with Gasteiger partial charge < -0.3 is 32.2 Å². The van der Waals surface area contributed by atoms with E-state index in [0.29, 0.717) is 49.2 Å². The number of carbonyl (C=O) groups is 2. The molecule has 1 aliphatic heterocycles. The number of rotatable bonds is 9. The van der Waals surface area contributed by atoms with Crippen molar-refractivity contribution in [3.05, 3.63) is 77.8 Å². The quantitative estimate of drug-likeness (QED) is 0.185. The maximum absolute atomic E-state index is 13.3. The molecule has 9 nitrogen and oxygen atoms in total. The molecule has 3 rings (SSSR count). The standard InChI is InChI=1S/C26H34N6O3/c1-3-25(33)30-21-6-4-5-19(14-21)17(2)13-20(26(34)32-9-11-35-12-10-32)15-23(28)31-24(29)16-22(27)18-7-8-18/h3-6,13-18H,1,7-12,27-28H2,2H3,(H2,29,31)(H,30,33)/b20-13+,22-16-,23-15+. The third-order valence-electron chi connectivity index (χ3n) is 5.77. The van der Waals surface area contributed by atoms with Crippen molar-refractivity contribution >= 4 is 23.3 Å². The summed E-state index contributed by atoms with van der Waals surface area (Å²) in [6.07, 6.45) is 8.31. The Balaban J connectivity index is 1.88. The second kappa shape index (κ2) is 12.0. The van der Waals surface area contributed by atoms with Gasteiger partial charge in [0.25, 0.3) is 5.91 Å². The number of anilines is 1. The van der Waals surface area contributed by atoms with Crippen molar-refractivity contribution in [3.63, 3.8) is 0 Å². The summed E-state index contributed by atoms with van der Waals surface area (Å²) in [6.45, 7) is 7.38. The van der Waals surface area contributed by atoms with Gasteiger partial charge in [0.1, 0.15) is 11.7 Å². The lowest BCUT2D eigenvalue weighted by Crippen LogP contribution is -2.41. The summed E-state index contributed by atoms with van der Waals surface area (Å²) >= 11 is 0. The highest BCUT2D eigenvalue weighted by Crippen LogP contribution is 2.33. The van der Waals surface area contributed by atoms with Gasteiger partial charge in [0.05, 0.1) is 13.2 Å². The molecule has 186 valence electrons. The van der Waals surface area contributed by atoms with Crippen molar-refractivity contribution in [1.82, 2.24) is 4.90 Å². The molecule has 1 saturated carbocycles. The van der Waals surface area contributed by atoms with Gasteiger partial charge in [-0.3, -0.25) is 9.59 Å². The van der Waals surface area contributed by atoms with E-state index in [1.54, 1.807) is 17.0 Å². The van der Waals surface area contributed by atoms with Crippen LogP contribution in [0.5, 0.6) is 0 Å². The monoisotopic (exact) mass is 478 g/mol. The molecular formula is C26H34N6O3. The zero-order chi connectivity index (χ0) is 25.4. The van der Waals surface area contributed by atoms with E-state index in [9.17, 15) is 9.59 Å². The van der Waals surface area contributed by atoms with Gasteiger partial charge in [-0.05, 0) is 54.7 Å². The number of aliphatic imine (C=N–C) groups is 1. The minimum Gasteiger partial charge on any atom is -0.402 e. The molecule has 0 spiro atoms. The Labute approximate surface area is 206 Å². The van der Waals surface area contributed by atoms with E-state index in [1.165, 1.54) is 12.2 Å². The van der Waals surface area contributed by atoms with Crippen LogP contribution >= 0.6 is 0 Å². The fraction of sp³-hybridized carbons (Fsp3) is 0.346. The van der Waals surface area contributed by atoms with Gasteiger partial charge in [0.2, 0.25) is 5.91 Å². The van der Waals surface area contributed by atoms with Gasteiger partial charge >= 0.3 is 0 Å².